The van der Waals surface area contributed by atoms with Crippen molar-refractivity contribution >= 4 is 28.3 Å². The van der Waals surface area contributed by atoms with Crippen LogP contribution in [0.15, 0.2) is 72.0 Å². The Morgan fingerprint density at radius 3 is 2.44 bits per heavy atom. The lowest BCUT2D eigenvalue weighted by Crippen LogP contribution is -2.10. The number of aromatic nitrogens is 2. The number of carbonyl (C=O) groups is 1. The first kappa shape index (κ1) is 21.3. The van der Waals surface area contributed by atoms with Crippen LogP contribution < -0.4 is 0 Å². The van der Waals surface area contributed by atoms with Gasteiger partial charge in [0.25, 0.3) is 0 Å². The number of nitrogens with zero attached hydrogens (tertiary/aromatic N) is 3. The van der Waals surface area contributed by atoms with Crippen LogP contribution in [-0.4, -0.2) is 52.9 Å². The number of aliphatic imine (C=N–C) groups is 1. The fraction of sp³-hybridized carbons (Fsp3) is 0.160. The second-order valence-electron chi connectivity index (χ2n) is 7.70. The van der Waals surface area contributed by atoms with Crippen molar-refractivity contribution < 1.29 is 14.6 Å². The Morgan fingerprint density at radius 2 is 1.78 bits per heavy atom. The number of aromatic hydroxyl groups is 1. The first-order valence-corrected chi connectivity index (χ1v) is 10.1. The zero-order valence-corrected chi connectivity index (χ0v) is 18.2. The smallest absolute Gasteiger partial charge is 0.337 e. The van der Waals surface area contributed by atoms with Gasteiger partial charge >= 0.3 is 5.97 Å². The number of methoxy groups -OCH3 is 1. The zero-order chi connectivity index (χ0) is 22.7. The summed E-state index contributed by atoms with van der Waals surface area (Å²) in [5.41, 5.74) is 4.92. The van der Waals surface area contributed by atoms with Crippen LogP contribution in [0.4, 0.5) is 5.69 Å². The molecule has 0 fully saturated rings. The molecule has 32 heavy (non-hydrogen) atoms. The zero-order valence-electron chi connectivity index (χ0n) is 18.2. The summed E-state index contributed by atoms with van der Waals surface area (Å²) in [6.45, 7) is 0.840. The molecule has 4 rings (SSSR count). The maximum atomic E-state index is 11.9. The van der Waals surface area contributed by atoms with E-state index in [0.717, 1.165) is 23.2 Å². The maximum Gasteiger partial charge on any atom is 0.337 e. The van der Waals surface area contributed by atoms with Crippen LogP contribution in [-0.2, 0) is 11.3 Å². The number of pyridine rings is 1. The van der Waals surface area contributed by atoms with Crippen molar-refractivity contribution in [3.63, 3.8) is 0 Å². The molecular weight excluding hydrogens is 404 g/mol. The number of aromatic amines is 1. The fourth-order valence-electron chi connectivity index (χ4n) is 3.61. The Labute approximate surface area is 186 Å². The maximum absolute atomic E-state index is 11.9. The van der Waals surface area contributed by atoms with Crippen molar-refractivity contribution in [2.24, 2.45) is 4.99 Å². The molecule has 0 aliphatic rings. The summed E-state index contributed by atoms with van der Waals surface area (Å²) in [6.07, 6.45) is 3.37. The van der Waals surface area contributed by atoms with Crippen molar-refractivity contribution in [3.8, 4) is 5.88 Å². The number of esters is 1. The summed E-state index contributed by atoms with van der Waals surface area (Å²) < 4.78 is 4.80. The van der Waals surface area contributed by atoms with Crippen molar-refractivity contribution in [1.29, 1.82) is 0 Å². The molecule has 2 N–H and O–H groups in total. The van der Waals surface area contributed by atoms with Crippen LogP contribution in [0.1, 0.15) is 27.0 Å². The predicted octanol–water partition coefficient (Wildman–Crippen LogP) is 4.29. The molecule has 0 spiro atoms. The van der Waals surface area contributed by atoms with E-state index >= 15 is 0 Å². The van der Waals surface area contributed by atoms with E-state index in [2.05, 4.69) is 14.9 Å². The van der Waals surface area contributed by atoms with Crippen molar-refractivity contribution in [3.05, 3.63) is 89.2 Å². The molecule has 0 bridgehead atoms. The van der Waals surface area contributed by atoms with E-state index in [1.54, 1.807) is 30.6 Å². The molecule has 0 radical (unpaired) electrons. The topological polar surface area (TPSA) is 90.8 Å². The highest BCUT2D eigenvalue weighted by molar-refractivity contribution is 6.22. The van der Waals surface area contributed by atoms with E-state index in [0.29, 0.717) is 22.4 Å². The standard InChI is InChI=1S/C25H24N4O3/c1-29(2)15-16-4-7-19(8-5-16)27-23(17-10-12-26-13-11-17)22-20-9-6-18(25(31)32-3)14-21(20)28-24(22)30/h4-14,28,30H,15H2,1-3H3. The second-order valence-corrected chi connectivity index (χ2v) is 7.70. The lowest BCUT2D eigenvalue weighted by atomic mass is 10.0. The third-order valence-corrected chi connectivity index (χ3v) is 5.07. The third-order valence-electron chi connectivity index (χ3n) is 5.07. The molecule has 0 saturated carbocycles. The van der Waals surface area contributed by atoms with Crippen LogP contribution >= 0.6 is 0 Å². The molecule has 4 aromatic rings. The fourth-order valence-corrected chi connectivity index (χ4v) is 3.61. The highest BCUT2D eigenvalue weighted by atomic mass is 16.5. The van der Waals surface area contributed by atoms with Crippen LogP contribution in [0.25, 0.3) is 10.9 Å². The van der Waals surface area contributed by atoms with Gasteiger partial charge in [-0.2, -0.15) is 0 Å². The summed E-state index contributed by atoms with van der Waals surface area (Å²) in [7, 11) is 5.39. The Bertz CT molecular complexity index is 1280. The molecule has 0 aliphatic heterocycles. The van der Waals surface area contributed by atoms with Crippen molar-refractivity contribution in [2.45, 2.75) is 6.54 Å². The van der Waals surface area contributed by atoms with Gasteiger partial charge in [-0.05, 0) is 56.1 Å². The minimum Gasteiger partial charge on any atom is -0.494 e. The number of fused-ring (bicyclic) bond motifs is 1. The van der Waals surface area contributed by atoms with Crippen LogP contribution in [0.3, 0.4) is 0 Å². The first-order valence-electron chi connectivity index (χ1n) is 10.1. The first-order chi connectivity index (χ1) is 15.5. The SMILES string of the molecule is COC(=O)c1ccc2c(C(=Nc3ccc(CN(C)C)cc3)c3ccncc3)c(O)[nH]c2c1. The number of ether oxygens (including phenoxy) is 1. The molecule has 0 atom stereocenters. The van der Waals surface area contributed by atoms with Gasteiger partial charge < -0.3 is 19.7 Å². The Balaban J connectivity index is 1.85. The largest absolute Gasteiger partial charge is 0.494 e. The van der Waals surface area contributed by atoms with Crippen LogP contribution in [0, 0.1) is 0 Å². The summed E-state index contributed by atoms with van der Waals surface area (Å²) in [4.78, 5) is 25.9. The quantitative estimate of drug-likeness (QED) is 0.353. The normalized spacial score (nSPS) is 11.8. The molecule has 0 saturated heterocycles. The molecule has 0 unspecified atom stereocenters. The van der Waals surface area contributed by atoms with E-state index in [-0.39, 0.29) is 5.88 Å². The van der Waals surface area contributed by atoms with Gasteiger partial charge in [0.1, 0.15) is 0 Å². The Hall–Kier alpha value is -3.97. The average Bonchev–Trinajstić information content (AvgIpc) is 3.13. The number of hydrogen-bond donors (Lipinski definition) is 2. The number of benzene rings is 2. The molecule has 2 heterocycles. The van der Waals surface area contributed by atoms with E-state index < -0.39 is 5.97 Å². The summed E-state index contributed by atoms with van der Waals surface area (Å²) in [6, 6.07) is 16.8. The minimum absolute atomic E-state index is 0.0261. The highest BCUT2D eigenvalue weighted by Gasteiger charge is 2.20. The molecule has 2 aromatic heterocycles. The number of carbonyl (C=O) groups excluding carboxylic acids is 1. The summed E-state index contributed by atoms with van der Waals surface area (Å²) in [5.74, 6) is -0.467. The van der Waals surface area contributed by atoms with Gasteiger partial charge in [0, 0.05) is 35.4 Å². The molecule has 7 heteroatoms. The van der Waals surface area contributed by atoms with E-state index in [1.165, 1.54) is 12.7 Å². The monoisotopic (exact) mass is 428 g/mol. The summed E-state index contributed by atoms with van der Waals surface area (Å²) in [5, 5.41) is 11.5. The lowest BCUT2D eigenvalue weighted by molar-refractivity contribution is 0.0601. The Morgan fingerprint density at radius 1 is 1.06 bits per heavy atom. The second kappa shape index (κ2) is 9.03. The van der Waals surface area contributed by atoms with Crippen molar-refractivity contribution in [2.75, 3.05) is 21.2 Å². The molecule has 0 aliphatic carbocycles. The number of nitrogens with one attached hydrogen (secondary N) is 1. The third kappa shape index (κ3) is 4.38. The molecule has 2 aromatic carbocycles. The molecular formula is C25H24N4O3. The van der Waals surface area contributed by atoms with Crippen LogP contribution in [0.2, 0.25) is 0 Å². The Kier molecular flexibility index (Phi) is 6.00. The van der Waals surface area contributed by atoms with Gasteiger partial charge in [0.2, 0.25) is 0 Å². The van der Waals surface area contributed by atoms with Gasteiger partial charge in [-0.25, -0.2) is 9.79 Å². The van der Waals surface area contributed by atoms with Gasteiger partial charge in [-0.15, -0.1) is 0 Å². The number of H-pyrrole nitrogens is 1. The van der Waals surface area contributed by atoms with Gasteiger partial charge in [-0.3, -0.25) is 4.98 Å². The van der Waals surface area contributed by atoms with Gasteiger partial charge in [0.05, 0.1) is 29.6 Å². The van der Waals surface area contributed by atoms with Gasteiger partial charge in [0.15, 0.2) is 5.88 Å². The van der Waals surface area contributed by atoms with E-state index in [1.807, 2.05) is 50.5 Å². The predicted molar refractivity (Wildman–Crippen MR) is 125 cm³/mol. The highest BCUT2D eigenvalue weighted by Crippen LogP contribution is 2.32. The molecule has 162 valence electrons. The lowest BCUT2D eigenvalue weighted by Gasteiger charge is -2.10. The molecule has 7 nitrogen and oxygen atoms in total. The summed E-state index contributed by atoms with van der Waals surface area (Å²) >= 11 is 0. The average molecular weight is 428 g/mol. The van der Waals surface area contributed by atoms with Crippen LogP contribution in [0.5, 0.6) is 5.88 Å². The van der Waals surface area contributed by atoms with Crippen molar-refractivity contribution in [1.82, 2.24) is 14.9 Å². The van der Waals surface area contributed by atoms with E-state index in [9.17, 15) is 9.90 Å². The minimum atomic E-state index is -0.441. The number of rotatable bonds is 6. The molecule has 0 amide bonds. The van der Waals surface area contributed by atoms with E-state index in [4.69, 9.17) is 9.73 Å². The number of hydrogen-bond acceptors (Lipinski definition) is 6. The van der Waals surface area contributed by atoms with Gasteiger partial charge in [-0.1, -0.05) is 18.2 Å².